The molecule has 0 aromatic carbocycles. The molecular formula is C10H18N4OS. The van der Waals surface area contributed by atoms with E-state index in [1.54, 1.807) is 0 Å². The van der Waals surface area contributed by atoms with Crippen LogP contribution in [-0.4, -0.2) is 40.3 Å². The summed E-state index contributed by atoms with van der Waals surface area (Å²) in [6.45, 7) is 5.77. The van der Waals surface area contributed by atoms with Gasteiger partial charge < -0.3 is 10.5 Å². The van der Waals surface area contributed by atoms with E-state index in [9.17, 15) is 0 Å². The Morgan fingerprint density at radius 2 is 2.50 bits per heavy atom. The van der Waals surface area contributed by atoms with Gasteiger partial charge in [-0.05, 0) is 19.4 Å². The number of rotatable bonds is 5. The fourth-order valence-corrected chi connectivity index (χ4v) is 2.36. The van der Waals surface area contributed by atoms with Crippen LogP contribution in [0.1, 0.15) is 25.5 Å². The number of nitrogens with zero attached hydrogens (tertiary/aromatic N) is 3. The van der Waals surface area contributed by atoms with Crippen LogP contribution in [0.2, 0.25) is 0 Å². The Kier molecular flexibility index (Phi) is 4.09. The molecule has 1 unspecified atom stereocenters. The molecule has 1 aromatic heterocycles. The van der Waals surface area contributed by atoms with Crippen LogP contribution >= 0.6 is 11.5 Å². The minimum atomic E-state index is 0.382. The summed E-state index contributed by atoms with van der Waals surface area (Å²) in [7, 11) is 0. The van der Waals surface area contributed by atoms with Gasteiger partial charge in [-0.3, -0.25) is 4.90 Å². The zero-order valence-corrected chi connectivity index (χ0v) is 10.4. The van der Waals surface area contributed by atoms with E-state index in [0.29, 0.717) is 6.10 Å². The summed E-state index contributed by atoms with van der Waals surface area (Å²) in [6, 6.07) is 0. The number of hydrogen-bond acceptors (Lipinski definition) is 6. The van der Waals surface area contributed by atoms with Crippen LogP contribution in [0.15, 0.2) is 0 Å². The number of aromatic nitrogens is 2. The third-order valence-corrected chi connectivity index (χ3v) is 3.49. The van der Waals surface area contributed by atoms with Gasteiger partial charge in [-0.2, -0.15) is 0 Å². The summed E-state index contributed by atoms with van der Waals surface area (Å²) in [5.74, 6) is 0. The van der Waals surface area contributed by atoms with Gasteiger partial charge in [0.05, 0.1) is 6.10 Å². The topological polar surface area (TPSA) is 64.3 Å². The molecule has 90 valence electrons. The van der Waals surface area contributed by atoms with Crippen molar-refractivity contribution in [3.63, 3.8) is 0 Å². The maximum atomic E-state index is 5.79. The lowest BCUT2D eigenvalue weighted by atomic mass is 10.2. The van der Waals surface area contributed by atoms with Crippen LogP contribution < -0.4 is 5.73 Å². The van der Waals surface area contributed by atoms with Gasteiger partial charge in [-0.1, -0.05) is 11.4 Å². The maximum absolute atomic E-state index is 5.79. The third kappa shape index (κ3) is 2.90. The van der Waals surface area contributed by atoms with Crippen molar-refractivity contribution in [3.05, 3.63) is 5.69 Å². The van der Waals surface area contributed by atoms with E-state index < -0.39 is 0 Å². The normalized spacial score (nSPS) is 20.8. The van der Waals surface area contributed by atoms with Crippen molar-refractivity contribution in [2.24, 2.45) is 0 Å². The van der Waals surface area contributed by atoms with E-state index in [1.807, 2.05) is 0 Å². The largest absolute Gasteiger partial charge is 0.388 e. The van der Waals surface area contributed by atoms with Gasteiger partial charge in [0.1, 0.15) is 10.7 Å². The first kappa shape index (κ1) is 11.8. The number of hydrogen-bond donors (Lipinski definition) is 1. The Balaban J connectivity index is 1.87. The zero-order valence-electron chi connectivity index (χ0n) is 9.56. The quantitative estimate of drug-likeness (QED) is 0.838. The van der Waals surface area contributed by atoms with Gasteiger partial charge >= 0.3 is 0 Å². The van der Waals surface area contributed by atoms with Gasteiger partial charge in [0, 0.05) is 31.2 Å². The molecule has 2 rings (SSSR count). The van der Waals surface area contributed by atoms with Crippen molar-refractivity contribution in [2.45, 2.75) is 32.4 Å². The molecule has 2 heterocycles. The van der Waals surface area contributed by atoms with Crippen LogP contribution in [0, 0.1) is 0 Å². The van der Waals surface area contributed by atoms with Gasteiger partial charge in [0.15, 0.2) is 0 Å². The molecule has 0 bridgehead atoms. The Morgan fingerprint density at radius 3 is 3.06 bits per heavy atom. The molecule has 1 aliphatic rings. The molecule has 6 heteroatoms. The summed E-state index contributed by atoms with van der Waals surface area (Å²) in [5.41, 5.74) is 6.68. The first-order valence-corrected chi connectivity index (χ1v) is 6.47. The molecule has 5 nitrogen and oxygen atoms in total. The molecule has 2 N–H and O–H groups in total. The fraction of sp³-hybridized carbons (Fsp3) is 0.800. The Morgan fingerprint density at radius 1 is 1.62 bits per heavy atom. The van der Waals surface area contributed by atoms with Crippen LogP contribution in [-0.2, 0) is 11.3 Å². The van der Waals surface area contributed by atoms with Crippen molar-refractivity contribution < 1.29 is 4.74 Å². The predicted molar refractivity (Wildman–Crippen MR) is 64.2 cm³/mol. The highest BCUT2D eigenvalue weighted by atomic mass is 32.1. The third-order valence-electron chi connectivity index (χ3n) is 2.89. The second-order valence-electron chi connectivity index (χ2n) is 4.05. The zero-order chi connectivity index (χ0) is 11.4. The molecule has 0 radical (unpaired) electrons. The summed E-state index contributed by atoms with van der Waals surface area (Å²) >= 11 is 1.26. The number of nitrogens with two attached hydrogens (primary N) is 1. The number of anilines is 1. The SMILES string of the molecule is CCN(Cc1nnsc1N)CC1CCCO1. The Bertz CT molecular complexity index is 324. The standard InChI is InChI=1S/C10H18N4OS/c1-2-14(6-8-4-3-5-15-8)7-9-10(11)16-13-12-9/h8H,2-7,11H2,1H3. The van der Waals surface area contributed by atoms with Crippen molar-refractivity contribution in [2.75, 3.05) is 25.4 Å². The minimum Gasteiger partial charge on any atom is -0.388 e. The summed E-state index contributed by atoms with van der Waals surface area (Å²) < 4.78 is 9.48. The molecule has 1 fully saturated rings. The van der Waals surface area contributed by atoms with Gasteiger partial charge in [-0.15, -0.1) is 5.10 Å². The smallest absolute Gasteiger partial charge is 0.132 e. The lowest BCUT2D eigenvalue weighted by molar-refractivity contribution is 0.0721. The fourth-order valence-electron chi connectivity index (χ4n) is 1.92. The summed E-state index contributed by atoms with van der Waals surface area (Å²) in [6.07, 6.45) is 2.73. The minimum absolute atomic E-state index is 0.382. The predicted octanol–water partition coefficient (Wildman–Crippen LogP) is 1.12. The van der Waals surface area contributed by atoms with Crippen molar-refractivity contribution in [3.8, 4) is 0 Å². The lowest BCUT2D eigenvalue weighted by Crippen LogP contribution is -2.32. The highest BCUT2D eigenvalue weighted by Crippen LogP contribution is 2.17. The Labute approximate surface area is 99.7 Å². The second-order valence-corrected chi connectivity index (χ2v) is 4.83. The second kappa shape index (κ2) is 5.56. The maximum Gasteiger partial charge on any atom is 0.132 e. The molecule has 1 aromatic rings. The number of nitrogen functional groups attached to an aromatic ring is 1. The molecule has 0 aliphatic carbocycles. The molecule has 1 atom stereocenters. The van der Waals surface area contributed by atoms with Gasteiger partial charge in [0.2, 0.25) is 0 Å². The van der Waals surface area contributed by atoms with E-state index in [1.165, 1.54) is 24.4 Å². The molecule has 16 heavy (non-hydrogen) atoms. The van der Waals surface area contributed by atoms with Crippen molar-refractivity contribution >= 4 is 16.5 Å². The van der Waals surface area contributed by atoms with Crippen molar-refractivity contribution in [1.82, 2.24) is 14.5 Å². The molecule has 1 aliphatic heterocycles. The van der Waals surface area contributed by atoms with E-state index in [2.05, 4.69) is 21.4 Å². The van der Waals surface area contributed by atoms with Crippen LogP contribution in [0.4, 0.5) is 5.00 Å². The first-order chi connectivity index (χ1) is 7.79. The average molecular weight is 242 g/mol. The molecule has 0 amide bonds. The monoisotopic (exact) mass is 242 g/mol. The number of ether oxygens (including phenoxy) is 1. The lowest BCUT2D eigenvalue weighted by Gasteiger charge is -2.22. The molecule has 0 saturated carbocycles. The first-order valence-electron chi connectivity index (χ1n) is 5.70. The Hall–Kier alpha value is -0.720. The van der Waals surface area contributed by atoms with Crippen LogP contribution in [0.5, 0.6) is 0 Å². The van der Waals surface area contributed by atoms with E-state index >= 15 is 0 Å². The van der Waals surface area contributed by atoms with Crippen LogP contribution in [0.3, 0.4) is 0 Å². The molecule has 1 saturated heterocycles. The number of likely N-dealkylation sites (N-methyl/N-ethyl adjacent to an activating group) is 1. The van der Waals surface area contributed by atoms with Crippen molar-refractivity contribution in [1.29, 1.82) is 0 Å². The van der Waals surface area contributed by atoms with Crippen LogP contribution in [0.25, 0.3) is 0 Å². The highest BCUT2D eigenvalue weighted by molar-refractivity contribution is 7.09. The van der Waals surface area contributed by atoms with E-state index in [-0.39, 0.29) is 0 Å². The summed E-state index contributed by atoms with van der Waals surface area (Å²) in [5, 5.41) is 4.77. The van der Waals surface area contributed by atoms with E-state index in [4.69, 9.17) is 10.5 Å². The van der Waals surface area contributed by atoms with Gasteiger partial charge in [-0.25, -0.2) is 0 Å². The highest BCUT2D eigenvalue weighted by Gasteiger charge is 2.19. The van der Waals surface area contributed by atoms with Gasteiger partial charge in [0.25, 0.3) is 0 Å². The molecular weight excluding hydrogens is 224 g/mol. The summed E-state index contributed by atoms with van der Waals surface area (Å²) in [4.78, 5) is 2.31. The average Bonchev–Trinajstić information content (AvgIpc) is 2.90. The molecule has 0 spiro atoms. The van der Waals surface area contributed by atoms with E-state index in [0.717, 1.165) is 36.9 Å².